The Bertz CT molecular complexity index is 1760. The molecule has 0 bridgehead atoms. The SMILES string of the molecule is CCOc1cc(C(=O)N2CCC3(CC2)CC(=O)c2cc(-c4cncc(C(=O)O)c4)ccc2O3)cc2c1ccn2C1CC1.[H-].[Na+]. The molecule has 1 N–H and O–H groups in total. The van der Waals surface area contributed by atoms with Gasteiger partial charge in [-0.3, -0.25) is 14.6 Å². The van der Waals surface area contributed by atoms with Gasteiger partial charge in [0.1, 0.15) is 17.1 Å². The number of carbonyl (C=O) groups excluding carboxylic acids is 2. The third kappa shape index (κ3) is 5.46. The van der Waals surface area contributed by atoms with Crippen molar-refractivity contribution in [3.63, 3.8) is 0 Å². The summed E-state index contributed by atoms with van der Waals surface area (Å²) in [6.07, 6.45) is 8.60. The number of Topliss-reactive ketones (excluding diaryl/α,β-unsaturated/α-hetero) is 1. The van der Waals surface area contributed by atoms with Gasteiger partial charge in [0, 0.05) is 67.1 Å². The molecule has 2 aliphatic heterocycles. The van der Waals surface area contributed by atoms with E-state index >= 15 is 0 Å². The van der Waals surface area contributed by atoms with Crippen LogP contribution < -0.4 is 39.0 Å². The molecule has 1 saturated carbocycles. The second-order valence-electron chi connectivity index (χ2n) is 11.4. The molecule has 10 heteroatoms. The minimum atomic E-state index is -1.06. The first-order valence-electron chi connectivity index (χ1n) is 14.5. The predicted octanol–water partition coefficient (Wildman–Crippen LogP) is 2.89. The molecule has 7 rings (SSSR count). The van der Waals surface area contributed by atoms with Gasteiger partial charge < -0.3 is 25.5 Å². The molecular formula is C33H32N3NaO6. The molecule has 216 valence electrons. The fourth-order valence-electron chi connectivity index (χ4n) is 6.26. The molecule has 3 aliphatic rings. The standard InChI is InChI=1S/C33H31N3O6.Na.H/c1-2-41-30-16-21(15-27-25(30)7-10-36(27)24-4-5-24)31(38)35-11-8-33(9-12-35)17-28(37)26-14-20(3-6-29(26)42-33)22-13-23(32(39)40)19-34-18-22;;/h3,6-7,10,13-16,18-19,24H,2,4-5,8-9,11-12,17H2,1H3,(H,39,40);;/q;+1;-1. The van der Waals surface area contributed by atoms with Gasteiger partial charge in [-0.2, -0.15) is 0 Å². The summed E-state index contributed by atoms with van der Waals surface area (Å²) in [7, 11) is 0. The van der Waals surface area contributed by atoms with Crippen molar-refractivity contribution < 1.29 is 59.9 Å². The molecular weight excluding hydrogens is 557 g/mol. The number of benzene rings is 2. The third-order valence-electron chi connectivity index (χ3n) is 8.66. The Morgan fingerprint density at radius 3 is 2.58 bits per heavy atom. The first-order valence-corrected chi connectivity index (χ1v) is 14.5. The molecule has 43 heavy (non-hydrogen) atoms. The second-order valence-corrected chi connectivity index (χ2v) is 11.4. The van der Waals surface area contributed by atoms with Gasteiger partial charge in [-0.1, -0.05) is 6.07 Å². The van der Waals surface area contributed by atoms with Gasteiger partial charge in [-0.25, -0.2) is 4.79 Å². The van der Waals surface area contributed by atoms with Crippen molar-refractivity contribution in [2.45, 2.75) is 50.7 Å². The number of nitrogens with zero attached hydrogens (tertiary/aromatic N) is 3. The van der Waals surface area contributed by atoms with Gasteiger partial charge in [-0.15, -0.1) is 0 Å². The van der Waals surface area contributed by atoms with E-state index in [4.69, 9.17) is 9.47 Å². The quantitative estimate of drug-likeness (QED) is 0.345. The van der Waals surface area contributed by atoms with Crippen molar-refractivity contribution in [3.8, 4) is 22.6 Å². The smallest absolute Gasteiger partial charge is 1.00 e. The van der Waals surface area contributed by atoms with Crippen LogP contribution in [0.2, 0.25) is 0 Å². The number of pyridine rings is 1. The molecule has 1 spiro atoms. The molecule has 1 amide bonds. The number of aromatic carboxylic acids is 1. The molecule has 9 nitrogen and oxygen atoms in total. The Morgan fingerprint density at radius 2 is 1.86 bits per heavy atom. The fourth-order valence-corrected chi connectivity index (χ4v) is 6.26. The topological polar surface area (TPSA) is 111 Å². The normalized spacial score (nSPS) is 17.2. The fraction of sp³-hybridized carbons (Fsp3) is 0.333. The number of fused-ring (bicyclic) bond motifs is 2. The summed E-state index contributed by atoms with van der Waals surface area (Å²) in [4.78, 5) is 44.3. The van der Waals surface area contributed by atoms with E-state index in [0.717, 1.165) is 29.5 Å². The number of carboxylic acids is 1. The number of hydrogen-bond donors (Lipinski definition) is 1. The van der Waals surface area contributed by atoms with Crippen LogP contribution in [0.4, 0.5) is 0 Å². The van der Waals surface area contributed by atoms with Gasteiger partial charge in [0.15, 0.2) is 5.78 Å². The number of ketones is 1. The molecule has 0 atom stereocenters. The Balaban J connectivity index is 0.00000192. The maximum atomic E-state index is 13.7. The monoisotopic (exact) mass is 589 g/mol. The van der Waals surface area contributed by atoms with E-state index in [1.54, 1.807) is 18.3 Å². The number of piperidine rings is 1. The molecule has 4 heterocycles. The maximum absolute atomic E-state index is 13.7. The van der Waals surface area contributed by atoms with E-state index in [-0.39, 0.29) is 54.7 Å². The number of amides is 1. The van der Waals surface area contributed by atoms with Crippen molar-refractivity contribution >= 4 is 28.6 Å². The number of aromatic nitrogens is 2. The number of hydrogen-bond acceptors (Lipinski definition) is 6. The van der Waals surface area contributed by atoms with Crippen molar-refractivity contribution in [3.05, 3.63) is 77.7 Å². The van der Waals surface area contributed by atoms with Crippen LogP contribution >= 0.6 is 0 Å². The summed E-state index contributed by atoms with van der Waals surface area (Å²) in [5, 5.41) is 10.3. The number of likely N-dealkylation sites (tertiary alicyclic amines) is 1. The van der Waals surface area contributed by atoms with Crippen molar-refractivity contribution in [1.29, 1.82) is 0 Å². The zero-order valence-corrected chi connectivity index (χ0v) is 26.3. The summed E-state index contributed by atoms with van der Waals surface area (Å²) < 4.78 is 14.7. The summed E-state index contributed by atoms with van der Waals surface area (Å²) >= 11 is 0. The first-order chi connectivity index (χ1) is 20.3. The van der Waals surface area contributed by atoms with Crippen LogP contribution in [0, 0.1) is 0 Å². The average molecular weight is 590 g/mol. The average Bonchev–Trinajstić information content (AvgIpc) is 3.75. The van der Waals surface area contributed by atoms with E-state index in [0.29, 0.717) is 66.6 Å². The molecule has 4 aromatic rings. The van der Waals surface area contributed by atoms with Gasteiger partial charge >= 0.3 is 35.5 Å². The van der Waals surface area contributed by atoms with Gasteiger partial charge in [0.05, 0.1) is 29.7 Å². The van der Waals surface area contributed by atoms with Crippen molar-refractivity contribution in [2.75, 3.05) is 19.7 Å². The van der Waals surface area contributed by atoms with E-state index in [2.05, 4.69) is 21.8 Å². The number of rotatable bonds is 6. The third-order valence-corrected chi connectivity index (χ3v) is 8.66. The summed E-state index contributed by atoms with van der Waals surface area (Å²) in [6.45, 7) is 3.44. The Kier molecular flexibility index (Phi) is 7.83. The van der Waals surface area contributed by atoms with E-state index < -0.39 is 11.6 Å². The minimum Gasteiger partial charge on any atom is -1.00 e. The maximum Gasteiger partial charge on any atom is 1.00 e. The summed E-state index contributed by atoms with van der Waals surface area (Å²) in [6, 6.07) is 13.3. The van der Waals surface area contributed by atoms with Crippen LogP contribution in [-0.4, -0.2) is 62.5 Å². The van der Waals surface area contributed by atoms with Gasteiger partial charge in [0.25, 0.3) is 5.91 Å². The summed E-state index contributed by atoms with van der Waals surface area (Å²) in [5.41, 5.74) is 2.87. The van der Waals surface area contributed by atoms with Crippen molar-refractivity contribution in [2.24, 2.45) is 0 Å². The molecule has 1 aliphatic carbocycles. The first kappa shape index (κ1) is 29.4. The van der Waals surface area contributed by atoms with Crippen LogP contribution in [-0.2, 0) is 0 Å². The molecule has 0 unspecified atom stereocenters. The van der Waals surface area contributed by atoms with Crippen LogP contribution in [0.3, 0.4) is 0 Å². The molecule has 2 fully saturated rings. The Morgan fingerprint density at radius 1 is 1.07 bits per heavy atom. The Hall–Kier alpha value is -3.66. The molecule has 0 radical (unpaired) electrons. The number of carbonyl (C=O) groups is 3. The predicted molar refractivity (Wildman–Crippen MR) is 157 cm³/mol. The minimum absolute atomic E-state index is 0. The Labute approximate surface area is 272 Å². The van der Waals surface area contributed by atoms with Gasteiger partial charge in [0.2, 0.25) is 0 Å². The number of carboxylic acid groups (broad SMARTS) is 1. The summed E-state index contributed by atoms with van der Waals surface area (Å²) in [5.74, 6) is 0.129. The zero-order chi connectivity index (χ0) is 29.0. The van der Waals surface area contributed by atoms with Crippen LogP contribution in [0.1, 0.15) is 77.6 Å². The van der Waals surface area contributed by atoms with E-state index in [1.807, 2.05) is 30.0 Å². The van der Waals surface area contributed by atoms with Crippen LogP contribution in [0.25, 0.3) is 22.0 Å². The van der Waals surface area contributed by atoms with E-state index in [1.165, 1.54) is 12.3 Å². The van der Waals surface area contributed by atoms with Crippen LogP contribution in [0.5, 0.6) is 11.5 Å². The number of ether oxygens (including phenoxy) is 2. The molecule has 2 aromatic heterocycles. The largest absolute Gasteiger partial charge is 1.00 e. The second kappa shape index (κ2) is 11.4. The van der Waals surface area contributed by atoms with Crippen LogP contribution in [0.15, 0.2) is 61.1 Å². The van der Waals surface area contributed by atoms with Gasteiger partial charge in [-0.05, 0) is 61.7 Å². The van der Waals surface area contributed by atoms with Crippen molar-refractivity contribution in [1.82, 2.24) is 14.5 Å². The molecule has 1 saturated heterocycles. The zero-order valence-electron chi connectivity index (χ0n) is 25.3. The van der Waals surface area contributed by atoms with E-state index in [9.17, 15) is 19.5 Å². The molecule has 2 aromatic carbocycles.